The molecule has 0 saturated heterocycles. The summed E-state index contributed by atoms with van der Waals surface area (Å²) in [6.45, 7) is 13.6. The maximum absolute atomic E-state index is 14.0. The first-order valence-electron chi connectivity index (χ1n) is 11.5. The number of hydrogen-bond donors (Lipinski definition) is 0. The minimum Gasteiger partial charge on any atom is -0.413 e. The van der Waals surface area contributed by atoms with Crippen LogP contribution in [0, 0.1) is 6.92 Å². The predicted molar refractivity (Wildman–Crippen MR) is 144 cm³/mol. The van der Waals surface area contributed by atoms with E-state index in [9.17, 15) is 8.42 Å². The molecule has 1 atom stereocenters. The van der Waals surface area contributed by atoms with Crippen molar-refractivity contribution in [1.82, 2.24) is 0 Å². The molecule has 0 amide bonds. The van der Waals surface area contributed by atoms with E-state index in [4.69, 9.17) is 4.43 Å². The number of aryl methyl sites for hydroxylation is 1. The third kappa shape index (κ3) is 5.81. The van der Waals surface area contributed by atoms with Gasteiger partial charge in [0.1, 0.15) is 0 Å². The Morgan fingerprint density at radius 1 is 1.09 bits per heavy atom. The Balaban J connectivity index is 2.06. The van der Waals surface area contributed by atoms with Crippen LogP contribution in [0.25, 0.3) is 0 Å². The number of benzene rings is 2. The zero-order valence-corrected chi connectivity index (χ0v) is 24.0. The van der Waals surface area contributed by atoms with Crippen LogP contribution >= 0.6 is 15.9 Å². The molecule has 4 nitrogen and oxygen atoms in total. The van der Waals surface area contributed by atoms with E-state index in [2.05, 4.69) is 55.9 Å². The normalized spacial score (nSPS) is 17.5. The molecule has 2 aromatic carbocycles. The Hall–Kier alpha value is -1.41. The SMILES string of the molecule is Cc1ccc(S(=O)(=O)N(c2ccccc2Br)[C@H]2CCCC=C2CO[Si](C)(C)C(C)(C)C)cc1. The number of para-hydroxylation sites is 1. The van der Waals surface area contributed by atoms with Gasteiger partial charge in [-0.3, -0.25) is 4.31 Å². The Morgan fingerprint density at radius 3 is 2.33 bits per heavy atom. The van der Waals surface area contributed by atoms with Crippen molar-refractivity contribution in [2.24, 2.45) is 0 Å². The molecular weight excluding hydrogens is 514 g/mol. The van der Waals surface area contributed by atoms with Crippen LogP contribution < -0.4 is 4.31 Å². The molecule has 0 radical (unpaired) electrons. The van der Waals surface area contributed by atoms with Crippen molar-refractivity contribution in [3.8, 4) is 0 Å². The Bertz CT molecular complexity index is 1110. The summed E-state index contributed by atoms with van der Waals surface area (Å²) in [4.78, 5) is 0.305. The standard InChI is InChI=1S/C26H36BrNO3SSi/c1-20-15-17-22(18-16-20)32(29,30)28(25-14-10-8-12-23(25)27)24-13-9-7-11-21(24)19-31-33(5,6)26(2,3)4/h8,10-12,14-18,24H,7,9,13,19H2,1-6H3/t24-/m0/s1. The zero-order chi connectivity index (χ0) is 24.4. The van der Waals surface area contributed by atoms with E-state index in [1.165, 1.54) is 0 Å². The van der Waals surface area contributed by atoms with Crippen molar-refractivity contribution >= 4 is 40.0 Å². The molecule has 7 heteroatoms. The lowest BCUT2D eigenvalue weighted by atomic mass is 9.94. The van der Waals surface area contributed by atoms with Gasteiger partial charge in [0.2, 0.25) is 0 Å². The fourth-order valence-corrected chi connectivity index (χ4v) is 7.00. The summed E-state index contributed by atoms with van der Waals surface area (Å²) in [5.74, 6) is 0. The van der Waals surface area contributed by atoms with Crippen LogP contribution in [0.1, 0.15) is 45.6 Å². The predicted octanol–water partition coefficient (Wildman–Crippen LogP) is 7.45. The van der Waals surface area contributed by atoms with Crippen LogP contribution in [0.3, 0.4) is 0 Å². The summed E-state index contributed by atoms with van der Waals surface area (Å²) in [5.41, 5.74) is 2.74. The van der Waals surface area contributed by atoms with Gasteiger partial charge in [-0.1, -0.05) is 56.7 Å². The van der Waals surface area contributed by atoms with Crippen LogP contribution in [0.4, 0.5) is 5.69 Å². The monoisotopic (exact) mass is 549 g/mol. The molecule has 0 N–H and O–H groups in total. The van der Waals surface area contributed by atoms with Gasteiger partial charge in [-0.25, -0.2) is 8.42 Å². The van der Waals surface area contributed by atoms with E-state index < -0.39 is 18.3 Å². The summed E-state index contributed by atoms with van der Waals surface area (Å²) in [5, 5.41) is 0.0911. The molecular formula is C26H36BrNO3SSi. The smallest absolute Gasteiger partial charge is 0.264 e. The zero-order valence-electron chi connectivity index (χ0n) is 20.6. The first-order valence-corrected chi connectivity index (χ1v) is 16.7. The number of allylic oxidation sites excluding steroid dienone is 1. The quantitative estimate of drug-likeness (QED) is 0.266. The van der Waals surface area contributed by atoms with E-state index in [-0.39, 0.29) is 11.1 Å². The molecule has 1 aliphatic carbocycles. The topological polar surface area (TPSA) is 46.6 Å². The highest BCUT2D eigenvalue weighted by Crippen LogP contribution is 2.40. The van der Waals surface area contributed by atoms with Gasteiger partial charge in [0.25, 0.3) is 10.0 Å². The second-order valence-electron chi connectivity index (χ2n) is 10.3. The van der Waals surface area contributed by atoms with Gasteiger partial charge in [-0.05, 0) is 90.1 Å². The summed E-state index contributed by atoms with van der Waals surface area (Å²) < 4.78 is 37.0. The molecule has 0 bridgehead atoms. The van der Waals surface area contributed by atoms with Crippen LogP contribution in [0.2, 0.25) is 18.1 Å². The molecule has 180 valence electrons. The number of sulfonamides is 1. The lowest BCUT2D eigenvalue weighted by molar-refractivity contribution is 0.307. The highest BCUT2D eigenvalue weighted by molar-refractivity contribution is 9.10. The first-order chi connectivity index (χ1) is 15.3. The third-order valence-electron chi connectivity index (χ3n) is 6.87. The third-order valence-corrected chi connectivity index (χ3v) is 13.9. The van der Waals surface area contributed by atoms with Gasteiger partial charge in [0.05, 0.1) is 23.2 Å². The molecule has 0 unspecified atom stereocenters. The van der Waals surface area contributed by atoms with Crippen molar-refractivity contribution in [1.29, 1.82) is 0 Å². The van der Waals surface area contributed by atoms with E-state index in [0.29, 0.717) is 17.2 Å². The number of hydrogen-bond acceptors (Lipinski definition) is 3. The summed E-state index contributed by atoms with van der Waals surface area (Å²) >= 11 is 3.61. The Labute approximate surface area is 209 Å². The number of nitrogens with zero attached hydrogens (tertiary/aromatic N) is 1. The lowest BCUT2D eigenvalue weighted by Gasteiger charge is -2.40. The number of anilines is 1. The highest BCUT2D eigenvalue weighted by Gasteiger charge is 2.40. The molecule has 0 spiro atoms. The molecule has 33 heavy (non-hydrogen) atoms. The summed E-state index contributed by atoms with van der Waals surface area (Å²) in [6.07, 6.45) is 4.84. The van der Waals surface area contributed by atoms with Gasteiger partial charge in [-0.2, -0.15) is 0 Å². The van der Waals surface area contributed by atoms with Gasteiger partial charge < -0.3 is 4.43 Å². The molecule has 2 aromatic rings. The van der Waals surface area contributed by atoms with E-state index in [1.54, 1.807) is 16.4 Å². The van der Waals surface area contributed by atoms with Gasteiger partial charge in [0.15, 0.2) is 8.32 Å². The van der Waals surface area contributed by atoms with Crippen LogP contribution in [0.5, 0.6) is 0 Å². The Morgan fingerprint density at radius 2 is 1.73 bits per heavy atom. The van der Waals surface area contributed by atoms with E-state index in [1.807, 2.05) is 43.3 Å². The van der Waals surface area contributed by atoms with Crippen LogP contribution in [-0.4, -0.2) is 29.4 Å². The fraction of sp³-hybridized carbons (Fsp3) is 0.462. The van der Waals surface area contributed by atoms with Gasteiger partial charge in [0, 0.05) is 4.47 Å². The average Bonchev–Trinajstić information content (AvgIpc) is 2.74. The largest absolute Gasteiger partial charge is 0.413 e. The van der Waals surface area contributed by atoms with Crippen molar-refractivity contribution in [3.05, 3.63) is 70.2 Å². The fourth-order valence-electron chi connectivity index (χ4n) is 3.74. The van der Waals surface area contributed by atoms with Crippen molar-refractivity contribution < 1.29 is 12.8 Å². The van der Waals surface area contributed by atoms with Crippen molar-refractivity contribution in [2.75, 3.05) is 10.9 Å². The molecule has 1 aliphatic rings. The maximum Gasteiger partial charge on any atom is 0.264 e. The van der Waals surface area contributed by atoms with E-state index >= 15 is 0 Å². The van der Waals surface area contributed by atoms with Crippen molar-refractivity contribution in [3.63, 3.8) is 0 Å². The Kier molecular flexibility index (Phi) is 7.99. The molecule has 0 aromatic heterocycles. The minimum absolute atomic E-state index is 0.0911. The highest BCUT2D eigenvalue weighted by atomic mass is 79.9. The summed E-state index contributed by atoms with van der Waals surface area (Å²) in [7, 11) is -5.77. The molecule has 0 aliphatic heterocycles. The average molecular weight is 551 g/mol. The van der Waals surface area contributed by atoms with Gasteiger partial charge >= 0.3 is 0 Å². The second kappa shape index (κ2) is 10.1. The van der Waals surface area contributed by atoms with Crippen molar-refractivity contribution in [2.45, 2.75) is 76.0 Å². The molecule has 0 saturated carbocycles. The van der Waals surface area contributed by atoms with E-state index in [0.717, 1.165) is 34.9 Å². The first kappa shape index (κ1) is 26.2. The lowest BCUT2D eigenvalue weighted by Crippen LogP contribution is -2.46. The van der Waals surface area contributed by atoms with Gasteiger partial charge in [-0.15, -0.1) is 0 Å². The van der Waals surface area contributed by atoms with Crippen LogP contribution in [0.15, 0.2) is 69.5 Å². The number of halogens is 1. The number of rotatable bonds is 7. The maximum atomic E-state index is 14.0. The molecule has 0 fully saturated rings. The molecule has 0 heterocycles. The summed E-state index contributed by atoms with van der Waals surface area (Å²) in [6, 6.07) is 14.4. The van der Waals surface area contributed by atoms with Crippen LogP contribution in [-0.2, 0) is 14.4 Å². The second-order valence-corrected chi connectivity index (χ2v) is 17.8. The molecule has 3 rings (SSSR count). The minimum atomic E-state index is -3.79.